The lowest BCUT2D eigenvalue weighted by Crippen LogP contribution is -2.45. The van der Waals surface area contributed by atoms with Crippen LogP contribution in [0.4, 0.5) is 17.6 Å². The number of benzene rings is 3. The summed E-state index contributed by atoms with van der Waals surface area (Å²) < 4.78 is 59.2. The average Bonchev–Trinajstić information content (AvgIpc) is 3.30. The maximum atomic E-state index is 14.8. The number of aliphatic hydroxyl groups is 1. The molecule has 2 N–H and O–H groups in total. The number of halogens is 4. The molecule has 10 heteroatoms. The Morgan fingerprint density at radius 2 is 1.72 bits per heavy atom. The Labute approximate surface area is 201 Å². The third-order valence-corrected chi connectivity index (χ3v) is 6.08. The van der Waals surface area contributed by atoms with Crippen LogP contribution in [0.2, 0.25) is 0 Å². The van der Waals surface area contributed by atoms with E-state index in [1.165, 1.54) is 72.5 Å². The summed E-state index contributed by atoms with van der Waals surface area (Å²) in [6.45, 7) is 0. The molecule has 0 aliphatic carbocycles. The topological polar surface area (TPSA) is 80.0 Å². The molecule has 0 fully saturated rings. The maximum absolute atomic E-state index is 14.8. The Balaban J connectivity index is 1.78. The average molecular weight is 494 g/mol. The largest absolute Gasteiger partial charge is 0.425 e. The monoisotopic (exact) mass is 494 g/mol. The smallest absolute Gasteiger partial charge is 0.372 e. The van der Waals surface area contributed by atoms with Gasteiger partial charge in [-0.2, -0.15) is 18.3 Å². The standard InChI is InChI=1S/C26H18F4N4O2/c1-31-24(35)20-14-32-21-5-3-2-4-19(21)23(20)25(36,26(28,29)30)16-6-11-22-15(12-16)13-33-34(22)18-9-7-17(27)8-10-18/h2-14,36H,1H3,(H,31,35). The van der Waals surface area contributed by atoms with Gasteiger partial charge >= 0.3 is 6.18 Å². The minimum absolute atomic E-state index is 0.0134. The number of fused-ring (bicyclic) bond motifs is 2. The highest BCUT2D eigenvalue weighted by Gasteiger charge is 2.58. The summed E-state index contributed by atoms with van der Waals surface area (Å²) in [6, 6.07) is 15.2. The normalized spacial score (nSPS) is 13.6. The zero-order chi connectivity index (χ0) is 25.7. The second-order valence-corrected chi connectivity index (χ2v) is 8.16. The van der Waals surface area contributed by atoms with Crippen molar-refractivity contribution in [3.05, 3.63) is 102 Å². The first-order valence-corrected chi connectivity index (χ1v) is 10.8. The molecule has 2 aromatic heterocycles. The summed E-state index contributed by atoms with van der Waals surface area (Å²) in [5, 5.41) is 18.4. The second kappa shape index (κ2) is 8.42. The van der Waals surface area contributed by atoms with Crippen LogP contribution in [-0.2, 0) is 5.60 Å². The van der Waals surface area contributed by atoms with Crippen LogP contribution >= 0.6 is 0 Å². The molecule has 3 aromatic carbocycles. The van der Waals surface area contributed by atoms with Crippen LogP contribution in [0.3, 0.4) is 0 Å². The highest BCUT2D eigenvalue weighted by molar-refractivity contribution is 6.01. The first-order chi connectivity index (χ1) is 17.1. The summed E-state index contributed by atoms with van der Waals surface area (Å²) in [5.41, 5.74) is -3.93. The first kappa shape index (κ1) is 23.4. The van der Waals surface area contributed by atoms with Crippen molar-refractivity contribution >= 4 is 27.7 Å². The summed E-state index contributed by atoms with van der Waals surface area (Å²) in [5.74, 6) is -1.26. The van der Waals surface area contributed by atoms with Gasteiger partial charge in [0.05, 0.1) is 28.5 Å². The molecule has 0 saturated heterocycles. The van der Waals surface area contributed by atoms with E-state index in [1.54, 1.807) is 6.07 Å². The molecule has 0 spiro atoms. The van der Waals surface area contributed by atoms with Crippen molar-refractivity contribution in [1.29, 1.82) is 0 Å². The predicted octanol–water partition coefficient (Wildman–Crippen LogP) is 4.87. The van der Waals surface area contributed by atoms with Crippen LogP contribution in [0, 0.1) is 5.82 Å². The number of hydrogen-bond donors (Lipinski definition) is 2. The molecule has 6 nitrogen and oxygen atoms in total. The summed E-state index contributed by atoms with van der Waals surface area (Å²) in [4.78, 5) is 16.7. The van der Waals surface area contributed by atoms with Crippen LogP contribution in [0.25, 0.3) is 27.5 Å². The number of nitrogens with one attached hydrogen (secondary N) is 1. The number of carbonyl (C=O) groups excluding carboxylic acids is 1. The quantitative estimate of drug-likeness (QED) is 0.350. The number of hydrogen-bond acceptors (Lipinski definition) is 4. The summed E-state index contributed by atoms with van der Waals surface area (Å²) in [6.07, 6.45) is -2.83. The van der Waals surface area contributed by atoms with E-state index in [9.17, 15) is 27.5 Å². The van der Waals surface area contributed by atoms with E-state index in [1.807, 2.05) is 0 Å². The van der Waals surface area contributed by atoms with E-state index in [0.717, 1.165) is 12.3 Å². The summed E-state index contributed by atoms with van der Waals surface area (Å²) >= 11 is 0. The van der Waals surface area contributed by atoms with E-state index >= 15 is 0 Å². The highest BCUT2D eigenvalue weighted by Crippen LogP contribution is 2.48. The number of amides is 1. The van der Waals surface area contributed by atoms with Gasteiger partial charge in [-0.3, -0.25) is 9.78 Å². The molecule has 1 unspecified atom stereocenters. The van der Waals surface area contributed by atoms with Crippen molar-refractivity contribution in [3.63, 3.8) is 0 Å². The van der Waals surface area contributed by atoms with Gasteiger partial charge in [-0.15, -0.1) is 0 Å². The van der Waals surface area contributed by atoms with Crippen molar-refractivity contribution in [1.82, 2.24) is 20.1 Å². The lowest BCUT2D eigenvalue weighted by Gasteiger charge is -2.33. The molecule has 1 atom stereocenters. The van der Waals surface area contributed by atoms with Crippen LogP contribution < -0.4 is 5.32 Å². The van der Waals surface area contributed by atoms with Gasteiger partial charge in [0, 0.05) is 29.6 Å². The van der Waals surface area contributed by atoms with E-state index < -0.39 is 40.2 Å². The van der Waals surface area contributed by atoms with Gasteiger partial charge in [-0.1, -0.05) is 24.3 Å². The van der Waals surface area contributed by atoms with Crippen LogP contribution in [-0.4, -0.2) is 39.0 Å². The SMILES string of the molecule is CNC(=O)c1cnc2ccccc2c1C(O)(c1ccc2c(cnn2-c2ccc(F)cc2)c1)C(F)(F)F. The fourth-order valence-electron chi connectivity index (χ4n) is 4.33. The van der Waals surface area contributed by atoms with Gasteiger partial charge in [0.2, 0.25) is 5.60 Å². The fraction of sp³-hybridized carbons (Fsp3) is 0.115. The first-order valence-electron chi connectivity index (χ1n) is 10.8. The summed E-state index contributed by atoms with van der Waals surface area (Å²) in [7, 11) is 1.28. The van der Waals surface area contributed by atoms with Crippen LogP contribution in [0.5, 0.6) is 0 Å². The minimum atomic E-state index is -5.21. The molecule has 5 aromatic rings. The molecular weight excluding hydrogens is 476 g/mol. The van der Waals surface area contributed by atoms with Gasteiger partial charge in [-0.05, 0) is 48.0 Å². The number of aromatic nitrogens is 3. The van der Waals surface area contributed by atoms with Gasteiger partial charge in [-0.25, -0.2) is 9.07 Å². The zero-order valence-corrected chi connectivity index (χ0v) is 18.7. The molecule has 0 saturated carbocycles. The van der Waals surface area contributed by atoms with E-state index in [0.29, 0.717) is 16.6 Å². The molecule has 0 aliphatic rings. The minimum Gasteiger partial charge on any atom is -0.372 e. The molecule has 5 rings (SSSR count). The van der Waals surface area contributed by atoms with Crippen molar-refractivity contribution < 1.29 is 27.5 Å². The number of pyridine rings is 1. The molecule has 0 aliphatic heterocycles. The molecular formula is C26H18F4N4O2. The lowest BCUT2D eigenvalue weighted by molar-refractivity contribution is -0.247. The third-order valence-electron chi connectivity index (χ3n) is 6.08. The molecule has 36 heavy (non-hydrogen) atoms. The van der Waals surface area contributed by atoms with Gasteiger partial charge in [0.1, 0.15) is 5.82 Å². The highest BCUT2D eigenvalue weighted by atomic mass is 19.4. The molecule has 182 valence electrons. The number of rotatable bonds is 4. The zero-order valence-electron chi connectivity index (χ0n) is 18.7. The maximum Gasteiger partial charge on any atom is 0.425 e. The van der Waals surface area contributed by atoms with Crippen molar-refractivity contribution in [2.45, 2.75) is 11.8 Å². The van der Waals surface area contributed by atoms with Gasteiger partial charge < -0.3 is 10.4 Å². The number of alkyl halides is 3. The van der Waals surface area contributed by atoms with Crippen molar-refractivity contribution in [2.24, 2.45) is 0 Å². The van der Waals surface area contributed by atoms with Crippen molar-refractivity contribution in [2.75, 3.05) is 7.05 Å². The van der Waals surface area contributed by atoms with Gasteiger partial charge in [0.25, 0.3) is 5.91 Å². The molecule has 2 heterocycles. The van der Waals surface area contributed by atoms with Crippen LogP contribution in [0.15, 0.2) is 79.1 Å². The Morgan fingerprint density at radius 1 is 1.00 bits per heavy atom. The molecule has 0 bridgehead atoms. The Hall–Kier alpha value is -4.31. The van der Waals surface area contributed by atoms with E-state index in [2.05, 4.69) is 15.4 Å². The number of para-hydroxylation sites is 1. The fourth-order valence-corrected chi connectivity index (χ4v) is 4.33. The third kappa shape index (κ3) is 3.57. The van der Waals surface area contributed by atoms with Crippen molar-refractivity contribution in [3.8, 4) is 5.69 Å². The van der Waals surface area contributed by atoms with Crippen LogP contribution in [0.1, 0.15) is 21.5 Å². The van der Waals surface area contributed by atoms with E-state index in [-0.39, 0.29) is 10.9 Å². The molecule has 1 amide bonds. The Bertz CT molecular complexity index is 1610. The second-order valence-electron chi connectivity index (χ2n) is 8.16. The Morgan fingerprint density at radius 3 is 2.42 bits per heavy atom. The van der Waals surface area contributed by atoms with Gasteiger partial charge in [0.15, 0.2) is 0 Å². The lowest BCUT2D eigenvalue weighted by atomic mass is 9.80. The molecule has 0 radical (unpaired) electrons. The number of nitrogens with zero attached hydrogens (tertiary/aromatic N) is 3. The predicted molar refractivity (Wildman–Crippen MR) is 125 cm³/mol. The number of carbonyl (C=O) groups is 1. The Kier molecular flexibility index (Phi) is 5.48. The van der Waals surface area contributed by atoms with E-state index in [4.69, 9.17) is 0 Å².